The number of carbonyl (C=O) groups is 2. The maximum Gasteiger partial charge on any atom is 0.276 e. The first kappa shape index (κ1) is 19.9. The lowest BCUT2D eigenvalue weighted by molar-refractivity contribution is 0.101. The molecule has 0 aliphatic heterocycles. The highest BCUT2D eigenvalue weighted by Gasteiger charge is 2.14. The average Bonchev–Trinajstić information content (AvgIpc) is 3.31. The Hall–Kier alpha value is -4.39. The number of benzene rings is 3. The van der Waals surface area contributed by atoms with E-state index in [0.717, 1.165) is 11.4 Å². The molecule has 4 rings (SSSR count). The lowest BCUT2D eigenvalue weighted by Gasteiger charge is -2.11. The van der Waals surface area contributed by atoms with Crippen LogP contribution in [-0.4, -0.2) is 28.7 Å². The Balaban J connectivity index is 1.49. The van der Waals surface area contributed by atoms with Gasteiger partial charge in [-0.2, -0.15) is 5.10 Å². The van der Waals surface area contributed by atoms with E-state index in [1.807, 2.05) is 30.3 Å². The highest BCUT2D eigenvalue weighted by molar-refractivity contribution is 6.09. The van der Waals surface area contributed by atoms with E-state index in [1.54, 1.807) is 72.6 Å². The third-order valence-electron chi connectivity index (χ3n) is 4.62. The van der Waals surface area contributed by atoms with Gasteiger partial charge in [-0.1, -0.05) is 30.3 Å². The number of aromatic nitrogens is 2. The SMILES string of the molecule is COc1ccc(-n2ccc(C(=O)Nc3ccccc3NC(=O)c3ccccc3)n2)cc1. The van der Waals surface area contributed by atoms with Crippen LogP contribution in [0.2, 0.25) is 0 Å². The first-order chi connectivity index (χ1) is 15.1. The lowest BCUT2D eigenvalue weighted by Crippen LogP contribution is -2.17. The second-order valence-electron chi connectivity index (χ2n) is 6.66. The quantitative estimate of drug-likeness (QED) is 0.492. The van der Waals surface area contributed by atoms with E-state index in [9.17, 15) is 9.59 Å². The summed E-state index contributed by atoms with van der Waals surface area (Å²) in [6.07, 6.45) is 1.71. The number of ether oxygens (including phenoxy) is 1. The zero-order valence-corrected chi connectivity index (χ0v) is 16.8. The smallest absolute Gasteiger partial charge is 0.276 e. The molecule has 4 aromatic rings. The minimum absolute atomic E-state index is 0.250. The molecule has 7 nitrogen and oxygen atoms in total. The fraction of sp³-hybridized carbons (Fsp3) is 0.0417. The number of hydrogen-bond donors (Lipinski definition) is 2. The van der Waals surface area contributed by atoms with Gasteiger partial charge in [-0.15, -0.1) is 0 Å². The number of nitrogens with zero attached hydrogens (tertiary/aromatic N) is 2. The minimum Gasteiger partial charge on any atom is -0.497 e. The van der Waals surface area contributed by atoms with E-state index in [-0.39, 0.29) is 17.5 Å². The van der Waals surface area contributed by atoms with Gasteiger partial charge in [0.05, 0.1) is 24.2 Å². The van der Waals surface area contributed by atoms with Crippen molar-refractivity contribution < 1.29 is 14.3 Å². The summed E-state index contributed by atoms with van der Waals surface area (Å²) in [4.78, 5) is 25.2. The second-order valence-corrected chi connectivity index (χ2v) is 6.66. The Bertz CT molecular complexity index is 1200. The summed E-state index contributed by atoms with van der Waals surface area (Å²) < 4.78 is 6.77. The number of anilines is 2. The molecule has 0 saturated carbocycles. The number of nitrogens with one attached hydrogen (secondary N) is 2. The molecule has 0 atom stereocenters. The van der Waals surface area contributed by atoms with Crippen LogP contribution in [0.5, 0.6) is 5.75 Å². The Labute approximate surface area is 179 Å². The van der Waals surface area contributed by atoms with Crippen LogP contribution >= 0.6 is 0 Å². The molecule has 2 amide bonds. The van der Waals surface area contributed by atoms with Gasteiger partial charge in [-0.3, -0.25) is 9.59 Å². The zero-order valence-electron chi connectivity index (χ0n) is 16.8. The van der Waals surface area contributed by atoms with E-state index in [2.05, 4.69) is 15.7 Å². The van der Waals surface area contributed by atoms with Crippen molar-refractivity contribution in [1.82, 2.24) is 9.78 Å². The third kappa shape index (κ3) is 4.62. The van der Waals surface area contributed by atoms with Crippen molar-refractivity contribution in [2.24, 2.45) is 0 Å². The standard InChI is InChI=1S/C24H20N4O3/c1-31-19-13-11-18(12-14-19)28-16-15-22(27-28)24(30)26-21-10-6-5-9-20(21)25-23(29)17-7-3-2-4-8-17/h2-16H,1H3,(H,25,29)(H,26,30). The molecule has 7 heteroatoms. The van der Waals surface area contributed by atoms with E-state index >= 15 is 0 Å². The molecule has 0 spiro atoms. The number of methoxy groups -OCH3 is 1. The molecule has 154 valence electrons. The summed E-state index contributed by atoms with van der Waals surface area (Å²) >= 11 is 0. The first-order valence-corrected chi connectivity index (χ1v) is 9.61. The molecule has 2 N–H and O–H groups in total. The molecule has 0 radical (unpaired) electrons. The molecule has 1 aromatic heterocycles. The number of carbonyl (C=O) groups excluding carboxylic acids is 2. The molecule has 3 aromatic carbocycles. The van der Waals surface area contributed by atoms with E-state index in [1.165, 1.54) is 0 Å². The molecule has 0 fully saturated rings. The predicted molar refractivity (Wildman–Crippen MR) is 119 cm³/mol. The highest BCUT2D eigenvalue weighted by Crippen LogP contribution is 2.23. The number of para-hydroxylation sites is 2. The Morgan fingerprint density at radius 2 is 1.39 bits per heavy atom. The number of hydrogen-bond acceptors (Lipinski definition) is 4. The van der Waals surface area contributed by atoms with Crippen LogP contribution in [0.4, 0.5) is 11.4 Å². The van der Waals surface area contributed by atoms with E-state index in [4.69, 9.17) is 4.74 Å². The van der Waals surface area contributed by atoms with Crippen molar-refractivity contribution in [1.29, 1.82) is 0 Å². The van der Waals surface area contributed by atoms with Crippen LogP contribution in [0.3, 0.4) is 0 Å². The summed E-state index contributed by atoms with van der Waals surface area (Å²) in [6, 6.07) is 24.9. The monoisotopic (exact) mass is 412 g/mol. The van der Waals surface area contributed by atoms with Crippen LogP contribution in [0.15, 0.2) is 91.1 Å². The Kier molecular flexibility index (Phi) is 5.75. The van der Waals surface area contributed by atoms with Crippen LogP contribution in [0.25, 0.3) is 5.69 Å². The van der Waals surface area contributed by atoms with Crippen molar-refractivity contribution in [2.45, 2.75) is 0 Å². The van der Waals surface area contributed by atoms with Crippen LogP contribution in [0.1, 0.15) is 20.8 Å². The van der Waals surface area contributed by atoms with Gasteiger partial charge in [-0.25, -0.2) is 4.68 Å². The van der Waals surface area contributed by atoms with E-state index < -0.39 is 0 Å². The van der Waals surface area contributed by atoms with Gasteiger partial charge < -0.3 is 15.4 Å². The molecule has 0 unspecified atom stereocenters. The topological polar surface area (TPSA) is 85.2 Å². The van der Waals surface area contributed by atoms with Crippen molar-refractivity contribution in [3.63, 3.8) is 0 Å². The van der Waals surface area contributed by atoms with E-state index in [0.29, 0.717) is 16.9 Å². The summed E-state index contributed by atoms with van der Waals surface area (Å²) in [6.45, 7) is 0. The Morgan fingerprint density at radius 1 is 0.774 bits per heavy atom. The van der Waals surface area contributed by atoms with Crippen molar-refractivity contribution in [2.75, 3.05) is 17.7 Å². The lowest BCUT2D eigenvalue weighted by atomic mass is 10.2. The van der Waals surface area contributed by atoms with Gasteiger partial charge in [-0.05, 0) is 54.6 Å². The van der Waals surface area contributed by atoms with Gasteiger partial charge in [0.2, 0.25) is 0 Å². The maximum absolute atomic E-state index is 12.7. The zero-order chi connectivity index (χ0) is 21.6. The molecule has 0 saturated heterocycles. The second kappa shape index (κ2) is 8.96. The van der Waals surface area contributed by atoms with Crippen molar-refractivity contribution >= 4 is 23.2 Å². The maximum atomic E-state index is 12.7. The summed E-state index contributed by atoms with van der Waals surface area (Å²) in [7, 11) is 1.60. The molecule has 0 bridgehead atoms. The van der Waals surface area contributed by atoms with Crippen molar-refractivity contribution in [3.05, 3.63) is 102 Å². The first-order valence-electron chi connectivity index (χ1n) is 9.61. The summed E-state index contributed by atoms with van der Waals surface area (Å²) in [5, 5.41) is 10.00. The number of rotatable bonds is 6. The number of amides is 2. The predicted octanol–water partition coefficient (Wildman–Crippen LogP) is 4.39. The van der Waals surface area contributed by atoms with Gasteiger partial charge in [0, 0.05) is 11.8 Å². The Morgan fingerprint density at radius 3 is 2.03 bits per heavy atom. The van der Waals surface area contributed by atoms with Gasteiger partial charge in [0.15, 0.2) is 5.69 Å². The molecule has 0 aliphatic carbocycles. The molecule has 1 heterocycles. The largest absolute Gasteiger partial charge is 0.497 e. The molecular formula is C24H20N4O3. The summed E-state index contributed by atoms with van der Waals surface area (Å²) in [5.41, 5.74) is 2.56. The fourth-order valence-corrected chi connectivity index (χ4v) is 3.00. The third-order valence-corrected chi connectivity index (χ3v) is 4.62. The fourth-order valence-electron chi connectivity index (χ4n) is 3.00. The average molecular weight is 412 g/mol. The van der Waals surface area contributed by atoms with Crippen LogP contribution in [0, 0.1) is 0 Å². The minimum atomic E-state index is -0.381. The normalized spacial score (nSPS) is 10.4. The van der Waals surface area contributed by atoms with Crippen molar-refractivity contribution in [3.8, 4) is 11.4 Å². The molecule has 31 heavy (non-hydrogen) atoms. The van der Waals surface area contributed by atoms with Gasteiger partial charge in [0.25, 0.3) is 11.8 Å². The van der Waals surface area contributed by atoms with Crippen LogP contribution < -0.4 is 15.4 Å². The van der Waals surface area contributed by atoms with Crippen LogP contribution in [-0.2, 0) is 0 Å². The molecular weight excluding hydrogens is 392 g/mol. The van der Waals surface area contributed by atoms with Gasteiger partial charge in [0.1, 0.15) is 5.75 Å². The summed E-state index contributed by atoms with van der Waals surface area (Å²) in [5.74, 6) is 0.0998. The highest BCUT2D eigenvalue weighted by atomic mass is 16.5. The molecule has 0 aliphatic rings. The van der Waals surface area contributed by atoms with Gasteiger partial charge >= 0.3 is 0 Å².